The molecule has 27 heavy (non-hydrogen) atoms. The first-order chi connectivity index (χ1) is 11.5. The molecule has 0 aliphatic rings. The zero-order valence-corrected chi connectivity index (χ0v) is 20.8. The number of primary sulfonamides is 1. The second-order valence-corrected chi connectivity index (χ2v) is 9.83. The summed E-state index contributed by atoms with van der Waals surface area (Å²) in [6.07, 6.45) is 5.46. The summed E-state index contributed by atoms with van der Waals surface area (Å²) in [5.41, 5.74) is 0. The van der Waals surface area contributed by atoms with Gasteiger partial charge in [-0.2, -0.15) is 8.42 Å². The van der Waals surface area contributed by atoms with Crippen molar-refractivity contribution in [2.45, 2.75) is 6.92 Å². The Morgan fingerprint density at radius 2 is 1.48 bits per heavy atom. The van der Waals surface area contributed by atoms with Gasteiger partial charge in [-0.25, -0.2) is 26.7 Å². The smallest absolute Gasteiger partial charge is 0.264 e. The van der Waals surface area contributed by atoms with Gasteiger partial charge in [0.1, 0.15) is 5.95 Å². The molecule has 1 heterocycles. The molecule has 0 amide bonds. The number of sulfonamides is 2. The normalized spacial score (nSPS) is 11.0. The Balaban J connectivity index is -0.000000401. The number of nitrogens with two attached hydrogens (primary N) is 1. The molecule has 0 spiro atoms. The summed E-state index contributed by atoms with van der Waals surface area (Å²) in [6, 6.07) is 0. The van der Waals surface area contributed by atoms with E-state index in [0.29, 0.717) is 18.3 Å². The molecule has 1 rings (SSSR count). The largest absolute Gasteiger partial charge is 0.405 e. The summed E-state index contributed by atoms with van der Waals surface area (Å²) < 4.78 is 66.0. The van der Waals surface area contributed by atoms with Crippen molar-refractivity contribution in [3.8, 4) is 0 Å². The van der Waals surface area contributed by atoms with Crippen LogP contribution in [-0.2, 0) is 67.1 Å². The van der Waals surface area contributed by atoms with Crippen LogP contribution in [-0.4, -0.2) is 79.2 Å². The third kappa shape index (κ3) is 33.6. The molecular formula is C10H23N6O7S3Y-. The molecule has 1 radical (unpaired) electrons. The van der Waals surface area contributed by atoms with Crippen LogP contribution in [0, 0.1) is 13.3 Å². The van der Waals surface area contributed by atoms with Crippen LogP contribution < -0.4 is 15.2 Å². The Labute approximate surface area is 185 Å². The van der Waals surface area contributed by atoms with E-state index in [1.807, 2.05) is 0 Å². The first-order valence-corrected chi connectivity index (χ1v) is 12.2. The molecule has 0 saturated carbocycles. The first kappa shape index (κ1) is 31.3. The van der Waals surface area contributed by atoms with Gasteiger partial charge in [0.25, 0.3) is 10.1 Å². The number of aromatic nitrogens is 3. The molecule has 0 fully saturated rings. The van der Waals surface area contributed by atoms with Crippen molar-refractivity contribution in [2.75, 3.05) is 44.3 Å². The van der Waals surface area contributed by atoms with Gasteiger partial charge in [0.05, 0.1) is 25.9 Å². The van der Waals surface area contributed by atoms with Crippen molar-refractivity contribution in [3.05, 3.63) is 12.2 Å². The summed E-state index contributed by atoms with van der Waals surface area (Å²) >= 11 is 0. The van der Waals surface area contributed by atoms with Crippen LogP contribution in [0.5, 0.6) is 0 Å². The summed E-state index contributed by atoms with van der Waals surface area (Å²) in [7, 11) is -8.35. The van der Waals surface area contributed by atoms with Gasteiger partial charge in [0.15, 0.2) is 0 Å². The maximum Gasteiger partial charge on any atom is 0.264 e. The Kier molecular flexibility index (Phi) is 17.0. The Hall–Kier alpha value is -0.356. The number of nitrogens with one attached hydrogen (secondary N) is 2. The first-order valence-electron chi connectivity index (χ1n) is 6.54. The van der Waals surface area contributed by atoms with Crippen LogP contribution in [0.4, 0.5) is 5.95 Å². The predicted molar refractivity (Wildman–Crippen MR) is 95.6 cm³/mol. The molecule has 17 heteroatoms. The molecule has 0 saturated heterocycles. The van der Waals surface area contributed by atoms with Crippen LogP contribution in [0.2, 0.25) is 0 Å². The van der Waals surface area contributed by atoms with Crippen LogP contribution >= 0.6 is 0 Å². The van der Waals surface area contributed by atoms with Crippen molar-refractivity contribution in [3.63, 3.8) is 0 Å². The monoisotopic (exact) mass is 524 g/mol. The predicted octanol–water partition coefficient (Wildman–Crippen LogP) is -2.56. The molecule has 4 N–H and O–H groups in total. The van der Waals surface area contributed by atoms with Gasteiger partial charge < -0.3 is 20.3 Å². The number of hydrogen-bond donors (Lipinski definition) is 3. The van der Waals surface area contributed by atoms with Gasteiger partial charge in [-0.3, -0.25) is 4.18 Å². The third-order valence-corrected chi connectivity index (χ3v) is 3.04. The number of aryl methyl sites for hydroxylation is 1. The average Bonchev–Trinajstić information content (AvgIpc) is 2.41. The molecule has 0 atom stereocenters. The fourth-order valence-electron chi connectivity index (χ4n) is 0.838. The second-order valence-electron chi connectivity index (χ2n) is 4.60. The zero-order valence-electron chi connectivity index (χ0n) is 15.5. The van der Waals surface area contributed by atoms with E-state index < -0.39 is 30.2 Å². The average molecular weight is 524 g/mol. The molecule has 0 bridgehead atoms. The van der Waals surface area contributed by atoms with Crippen molar-refractivity contribution in [1.29, 1.82) is 0 Å². The number of hydrogen-bond acceptors (Lipinski definition) is 11. The van der Waals surface area contributed by atoms with Crippen molar-refractivity contribution < 1.29 is 62.1 Å². The van der Waals surface area contributed by atoms with Crippen molar-refractivity contribution in [1.82, 2.24) is 19.7 Å². The zero-order chi connectivity index (χ0) is 21.0. The van der Waals surface area contributed by atoms with Gasteiger partial charge in [0, 0.05) is 58.0 Å². The Morgan fingerprint density at radius 3 is 1.81 bits per heavy atom. The summed E-state index contributed by atoms with van der Waals surface area (Å²) in [5, 5.41) is 7.16. The second kappa shape index (κ2) is 14.6. The molecular weight excluding hydrogens is 501 g/mol. The summed E-state index contributed by atoms with van der Waals surface area (Å²) in [4.78, 5) is 11.4. The minimum atomic E-state index is -3.17. The number of nitrogens with zero attached hydrogens (tertiary/aromatic N) is 3. The Bertz CT molecular complexity index is 838. The van der Waals surface area contributed by atoms with E-state index in [9.17, 15) is 25.3 Å². The van der Waals surface area contributed by atoms with Crippen molar-refractivity contribution in [2.24, 2.45) is 5.14 Å². The fourth-order valence-corrected chi connectivity index (χ4v) is 1.31. The minimum absolute atomic E-state index is 0. The minimum Gasteiger partial charge on any atom is -0.405 e. The molecule has 0 aliphatic heterocycles. The fraction of sp³-hybridized carbons (Fsp3) is 0.700. The van der Waals surface area contributed by atoms with E-state index in [-0.39, 0.29) is 39.3 Å². The SMILES string of the molecule is COS(C)(=O)=O.CS(N)(=O)=O.Cc1n[c-]nc(NCCNS(C)(=O)=O)n1.[Y]. The number of rotatable bonds is 6. The van der Waals surface area contributed by atoms with Crippen LogP contribution in [0.1, 0.15) is 5.82 Å². The van der Waals surface area contributed by atoms with Gasteiger partial charge >= 0.3 is 0 Å². The van der Waals surface area contributed by atoms with Crippen LogP contribution in [0.3, 0.4) is 0 Å². The van der Waals surface area contributed by atoms with E-state index >= 15 is 0 Å². The summed E-state index contributed by atoms with van der Waals surface area (Å²) in [5.74, 6) is 0.946. The van der Waals surface area contributed by atoms with Gasteiger partial charge in [-0.1, -0.05) is 6.92 Å². The molecule has 0 unspecified atom stereocenters. The molecule has 0 aliphatic carbocycles. The number of anilines is 1. The van der Waals surface area contributed by atoms with Crippen molar-refractivity contribution >= 4 is 36.1 Å². The maximum atomic E-state index is 10.7. The van der Waals surface area contributed by atoms with Crippen LogP contribution in [0.15, 0.2) is 0 Å². The Morgan fingerprint density at radius 1 is 1.04 bits per heavy atom. The van der Waals surface area contributed by atoms with E-state index in [1.54, 1.807) is 6.92 Å². The van der Waals surface area contributed by atoms with Crippen LogP contribution in [0.25, 0.3) is 0 Å². The topological polar surface area (TPSA) is 200 Å². The molecule has 1 aromatic rings. The molecule has 1 aromatic heterocycles. The molecule has 0 aromatic carbocycles. The van der Waals surface area contributed by atoms with Gasteiger partial charge in [0.2, 0.25) is 20.0 Å². The van der Waals surface area contributed by atoms with E-state index in [1.165, 1.54) is 0 Å². The molecule has 13 nitrogen and oxygen atoms in total. The standard InChI is InChI=1S/C7H12N5O2S.C2H6O3S.CH5NO2S.Y/c1-6-9-5-10-7(12-6)8-3-4-11-15(2,13)14;1-5-6(2,3)4;1-5(2,3)4;/h11H,3-4H2,1-2H3,(H,8,9,10,12);1-2H3;1H3,(H2,2,3,4);/q-1;;;. The summed E-state index contributed by atoms with van der Waals surface area (Å²) in [6.45, 7) is 2.41. The van der Waals surface area contributed by atoms with Gasteiger partial charge in [-0.15, -0.1) is 0 Å². The van der Waals surface area contributed by atoms with E-state index in [4.69, 9.17) is 0 Å². The van der Waals surface area contributed by atoms with Gasteiger partial charge in [-0.05, 0) is 0 Å². The maximum absolute atomic E-state index is 10.7. The molecule has 157 valence electrons. The third-order valence-electron chi connectivity index (χ3n) is 1.71. The quantitative estimate of drug-likeness (QED) is 0.201. The van der Waals surface area contributed by atoms with E-state index in [2.05, 4.69) is 40.6 Å². The van der Waals surface area contributed by atoms with E-state index in [0.717, 1.165) is 25.9 Å².